The number of benzene rings is 2. The lowest BCUT2D eigenvalue weighted by molar-refractivity contribution is -0.132. The summed E-state index contributed by atoms with van der Waals surface area (Å²) in [6.45, 7) is 1.20. The van der Waals surface area contributed by atoms with Crippen molar-refractivity contribution in [3.05, 3.63) is 101 Å². The molecule has 2 aromatic carbocycles. The van der Waals surface area contributed by atoms with E-state index in [1.807, 2.05) is 59.5 Å². The number of likely N-dealkylation sites (N-methyl/N-ethyl adjacent to an activating group) is 1. The molecule has 5 rings (SSSR count). The average Bonchev–Trinajstić information content (AvgIpc) is 3.01. The molecule has 0 bridgehead atoms. The highest BCUT2D eigenvalue weighted by Gasteiger charge is 2.29. The first-order valence-corrected chi connectivity index (χ1v) is 13.8. The van der Waals surface area contributed by atoms with Crippen molar-refractivity contribution in [1.29, 1.82) is 0 Å². The highest BCUT2D eigenvalue weighted by Crippen LogP contribution is 2.24. The number of aromatic amines is 1. The Labute approximate surface area is 238 Å². The average molecular weight is 552 g/mol. The molecule has 0 saturated carbocycles. The number of piperidine rings is 1. The van der Waals surface area contributed by atoms with Gasteiger partial charge in [0.25, 0.3) is 5.91 Å². The van der Waals surface area contributed by atoms with Gasteiger partial charge in [-0.3, -0.25) is 24.2 Å². The molecule has 0 aliphatic carbocycles. The van der Waals surface area contributed by atoms with Gasteiger partial charge < -0.3 is 20.5 Å². The number of aromatic nitrogens is 2. The second kappa shape index (κ2) is 12.6. The van der Waals surface area contributed by atoms with Crippen molar-refractivity contribution in [1.82, 2.24) is 25.5 Å². The lowest BCUT2D eigenvalue weighted by Gasteiger charge is -2.33. The summed E-state index contributed by atoms with van der Waals surface area (Å²) in [6.07, 6.45) is 3.92. The summed E-state index contributed by atoms with van der Waals surface area (Å²) in [4.78, 5) is 59.1. The van der Waals surface area contributed by atoms with Gasteiger partial charge in [0.05, 0.1) is 6.42 Å². The van der Waals surface area contributed by atoms with Gasteiger partial charge in [-0.25, -0.2) is 0 Å². The topological polar surface area (TPSA) is 124 Å². The van der Waals surface area contributed by atoms with Crippen LogP contribution in [0.2, 0.25) is 0 Å². The van der Waals surface area contributed by atoms with Crippen LogP contribution < -0.4 is 16.2 Å². The Morgan fingerprint density at radius 3 is 2.46 bits per heavy atom. The number of hydrogen-bond acceptors (Lipinski definition) is 5. The second-order valence-corrected chi connectivity index (χ2v) is 10.4. The van der Waals surface area contributed by atoms with Gasteiger partial charge in [-0.15, -0.1) is 0 Å². The molecule has 4 aromatic rings. The molecule has 1 aliphatic heterocycles. The number of pyridine rings is 2. The summed E-state index contributed by atoms with van der Waals surface area (Å²) < 4.78 is 0. The highest BCUT2D eigenvalue weighted by atomic mass is 16.2. The third-order valence-electron chi connectivity index (χ3n) is 7.65. The smallest absolute Gasteiger partial charge is 0.270 e. The maximum Gasteiger partial charge on any atom is 0.270 e. The summed E-state index contributed by atoms with van der Waals surface area (Å²) in [6, 6.07) is 21.4. The minimum atomic E-state index is -0.695. The SMILES string of the molecule is CNC(=O)[C@@H](CC1CCN(C(=O)Cc2ccc3[nH]c(=O)ccc3c2)CC1)NC(=O)c1ccc(-c2ccccc2)cn1. The van der Waals surface area contributed by atoms with Crippen molar-refractivity contribution in [3.63, 3.8) is 0 Å². The molecular formula is C32H33N5O4. The number of carbonyl (C=O) groups is 3. The number of likely N-dealkylation sites (tertiary alicyclic amines) is 1. The van der Waals surface area contributed by atoms with E-state index >= 15 is 0 Å². The maximum absolute atomic E-state index is 13.0. The molecule has 9 heteroatoms. The number of nitrogens with one attached hydrogen (secondary N) is 3. The molecule has 3 amide bonds. The van der Waals surface area contributed by atoms with Gasteiger partial charge >= 0.3 is 0 Å². The molecule has 0 unspecified atom stereocenters. The lowest BCUT2D eigenvalue weighted by atomic mass is 9.89. The molecule has 0 radical (unpaired) electrons. The van der Waals surface area contributed by atoms with E-state index in [-0.39, 0.29) is 35.4 Å². The van der Waals surface area contributed by atoms with E-state index in [1.54, 1.807) is 25.4 Å². The Morgan fingerprint density at radius 2 is 1.76 bits per heavy atom. The van der Waals surface area contributed by atoms with Crippen LogP contribution in [0.3, 0.4) is 0 Å². The largest absolute Gasteiger partial charge is 0.357 e. The second-order valence-electron chi connectivity index (χ2n) is 10.4. The van der Waals surface area contributed by atoms with Crippen LogP contribution in [0.4, 0.5) is 0 Å². The fourth-order valence-electron chi connectivity index (χ4n) is 5.32. The maximum atomic E-state index is 13.0. The number of rotatable bonds is 8. The Kier molecular flexibility index (Phi) is 8.53. The quantitative estimate of drug-likeness (QED) is 0.310. The normalized spacial score (nSPS) is 14.4. The van der Waals surface area contributed by atoms with Gasteiger partial charge in [-0.1, -0.05) is 42.5 Å². The molecule has 9 nitrogen and oxygen atoms in total. The lowest BCUT2D eigenvalue weighted by Crippen LogP contribution is -2.48. The number of fused-ring (bicyclic) bond motifs is 1. The van der Waals surface area contributed by atoms with Gasteiger partial charge in [-0.05, 0) is 66.0 Å². The van der Waals surface area contributed by atoms with E-state index in [0.717, 1.165) is 40.4 Å². The molecule has 1 saturated heterocycles. The molecule has 210 valence electrons. The number of hydrogen-bond donors (Lipinski definition) is 3. The summed E-state index contributed by atoms with van der Waals surface area (Å²) in [5.74, 6) is -0.415. The van der Waals surface area contributed by atoms with Crippen molar-refractivity contribution < 1.29 is 14.4 Å². The van der Waals surface area contributed by atoms with Crippen molar-refractivity contribution >= 4 is 28.6 Å². The molecule has 1 atom stereocenters. The van der Waals surface area contributed by atoms with Crippen LogP contribution in [0.25, 0.3) is 22.0 Å². The van der Waals surface area contributed by atoms with Crippen LogP contribution in [0.5, 0.6) is 0 Å². The fraction of sp³-hybridized carbons (Fsp3) is 0.281. The molecule has 3 N–H and O–H groups in total. The van der Waals surface area contributed by atoms with Gasteiger partial charge in [0.2, 0.25) is 17.4 Å². The molecule has 0 spiro atoms. The van der Waals surface area contributed by atoms with E-state index < -0.39 is 11.9 Å². The van der Waals surface area contributed by atoms with E-state index in [2.05, 4.69) is 20.6 Å². The Hall–Kier alpha value is -4.79. The number of nitrogens with zero attached hydrogens (tertiary/aromatic N) is 2. The summed E-state index contributed by atoms with van der Waals surface area (Å²) in [5, 5.41) is 6.40. The predicted molar refractivity (Wildman–Crippen MR) is 157 cm³/mol. The monoisotopic (exact) mass is 551 g/mol. The molecule has 1 fully saturated rings. The van der Waals surface area contributed by atoms with Crippen molar-refractivity contribution in [2.24, 2.45) is 5.92 Å². The number of H-pyrrole nitrogens is 1. The summed E-state index contributed by atoms with van der Waals surface area (Å²) in [5.41, 5.74) is 3.64. The minimum Gasteiger partial charge on any atom is -0.357 e. The standard InChI is InChI=1S/C32H33N5O4/c1-33-31(40)28(36-32(41)27-11-8-25(20-34-27)23-5-3-2-4-6-23)18-21-13-15-37(16-14-21)30(39)19-22-7-10-26-24(17-22)9-12-29(38)35-26/h2-12,17,20-21,28H,13-16,18-19H2,1H3,(H,33,40)(H,35,38)(H,36,41)/t28-/m1/s1. The minimum absolute atomic E-state index is 0.0494. The predicted octanol–water partition coefficient (Wildman–Crippen LogP) is 3.31. The van der Waals surface area contributed by atoms with E-state index in [1.165, 1.54) is 6.07 Å². The summed E-state index contributed by atoms with van der Waals surface area (Å²) in [7, 11) is 1.56. The van der Waals surface area contributed by atoms with Crippen LogP contribution in [-0.4, -0.2) is 58.8 Å². The Balaban J connectivity index is 1.15. The van der Waals surface area contributed by atoms with Crippen LogP contribution in [-0.2, 0) is 16.0 Å². The zero-order valence-electron chi connectivity index (χ0n) is 22.9. The first-order chi connectivity index (χ1) is 19.9. The fourth-order valence-corrected chi connectivity index (χ4v) is 5.32. The zero-order valence-corrected chi connectivity index (χ0v) is 22.9. The highest BCUT2D eigenvalue weighted by molar-refractivity contribution is 5.96. The van der Waals surface area contributed by atoms with Crippen LogP contribution in [0.1, 0.15) is 35.3 Å². The van der Waals surface area contributed by atoms with Crippen LogP contribution in [0.15, 0.2) is 83.8 Å². The molecule has 41 heavy (non-hydrogen) atoms. The summed E-state index contributed by atoms with van der Waals surface area (Å²) >= 11 is 0. The molecular weight excluding hydrogens is 518 g/mol. The van der Waals surface area contributed by atoms with Gasteiger partial charge in [-0.2, -0.15) is 0 Å². The first-order valence-electron chi connectivity index (χ1n) is 13.8. The number of amides is 3. The van der Waals surface area contributed by atoms with E-state index in [0.29, 0.717) is 19.5 Å². The van der Waals surface area contributed by atoms with E-state index in [4.69, 9.17) is 0 Å². The van der Waals surface area contributed by atoms with Crippen LogP contribution >= 0.6 is 0 Å². The van der Waals surface area contributed by atoms with Crippen LogP contribution in [0, 0.1) is 5.92 Å². The van der Waals surface area contributed by atoms with Crippen molar-refractivity contribution in [2.45, 2.75) is 31.7 Å². The molecule has 3 heterocycles. The first kappa shape index (κ1) is 27.8. The Bertz CT molecular complexity index is 1590. The third-order valence-corrected chi connectivity index (χ3v) is 7.65. The zero-order chi connectivity index (χ0) is 28.8. The number of carbonyl (C=O) groups excluding carboxylic acids is 3. The third kappa shape index (κ3) is 6.87. The van der Waals surface area contributed by atoms with Gasteiger partial charge in [0.15, 0.2) is 0 Å². The Morgan fingerprint density at radius 1 is 0.976 bits per heavy atom. The molecule has 1 aliphatic rings. The van der Waals surface area contributed by atoms with E-state index in [9.17, 15) is 19.2 Å². The van der Waals surface area contributed by atoms with Gasteiger partial charge in [0.1, 0.15) is 11.7 Å². The van der Waals surface area contributed by atoms with Gasteiger partial charge in [0, 0.05) is 43.5 Å². The van der Waals surface area contributed by atoms with Crippen molar-refractivity contribution in [3.8, 4) is 11.1 Å². The van der Waals surface area contributed by atoms with Crippen molar-refractivity contribution in [2.75, 3.05) is 20.1 Å². The molecule has 2 aromatic heterocycles.